The molecule has 0 radical (unpaired) electrons. The van der Waals surface area contributed by atoms with E-state index in [-0.39, 0.29) is 17.3 Å². The average Bonchev–Trinajstić information content (AvgIpc) is 2.61. The van der Waals surface area contributed by atoms with Crippen LogP contribution in [0.15, 0.2) is 53.8 Å². The number of anilines is 1. The van der Waals surface area contributed by atoms with Gasteiger partial charge in [0.05, 0.1) is 16.2 Å². The lowest BCUT2D eigenvalue weighted by molar-refractivity contribution is -0.384. The molecule has 1 aromatic heterocycles. The lowest BCUT2D eigenvalue weighted by Gasteiger charge is -2.08. The van der Waals surface area contributed by atoms with Crippen LogP contribution >= 0.6 is 11.8 Å². The van der Waals surface area contributed by atoms with Gasteiger partial charge in [-0.3, -0.25) is 14.9 Å². The first-order chi connectivity index (χ1) is 12.0. The van der Waals surface area contributed by atoms with Gasteiger partial charge in [0, 0.05) is 23.2 Å². The van der Waals surface area contributed by atoms with E-state index < -0.39 is 4.92 Å². The first-order valence-corrected chi connectivity index (χ1v) is 8.40. The summed E-state index contributed by atoms with van der Waals surface area (Å²) in [6.45, 7) is 1.72. The number of carbonyl (C=O) groups is 1. The topological polar surface area (TPSA) is 98.0 Å². The van der Waals surface area contributed by atoms with Gasteiger partial charge in [0.1, 0.15) is 11.4 Å². The van der Waals surface area contributed by atoms with Crippen molar-refractivity contribution in [2.45, 2.75) is 11.9 Å². The maximum atomic E-state index is 12.2. The summed E-state index contributed by atoms with van der Waals surface area (Å²) in [5.74, 6) is -0.0260. The molecule has 25 heavy (non-hydrogen) atoms. The van der Waals surface area contributed by atoms with Crippen LogP contribution in [0.2, 0.25) is 0 Å². The quantitative estimate of drug-likeness (QED) is 0.325. The summed E-state index contributed by atoms with van der Waals surface area (Å²) in [6, 6.07) is 11.9. The molecule has 0 saturated carbocycles. The van der Waals surface area contributed by atoms with Crippen LogP contribution in [0.4, 0.5) is 11.4 Å². The Balaban J connectivity index is 1.68. The van der Waals surface area contributed by atoms with E-state index in [1.54, 1.807) is 6.92 Å². The third-order valence-corrected chi connectivity index (χ3v) is 4.55. The highest BCUT2D eigenvalue weighted by Crippen LogP contribution is 2.25. The number of carbonyl (C=O) groups excluding carboxylic acids is 1. The molecule has 0 atom stereocenters. The molecule has 0 aliphatic rings. The zero-order valence-corrected chi connectivity index (χ0v) is 14.1. The van der Waals surface area contributed by atoms with Crippen molar-refractivity contribution in [2.24, 2.45) is 0 Å². The maximum absolute atomic E-state index is 12.2. The van der Waals surface area contributed by atoms with Crippen molar-refractivity contribution in [3.63, 3.8) is 0 Å². The van der Waals surface area contributed by atoms with Crippen molar-refractivity contribution in [1.82, 2.24) is 9.97 Å². The highest BCUT2D eigenvalue weighted by atomic mass is 32.2. The Hall–Kier alpha value is -3.00. The fraction of sp³-hybridized carbons (Fsp3) is 0.118. The van der Waals surface area contributed by atoms with Gasteiger partial charge in [0.15, 0.2) is 0 Å². The number of benzene rings is 2. The van der Waals surface area contributed by atoms with Gasteiger partial charge in [-0.1, -0.05) is 30.0 Å². The molecule has 1 N–H and O–H groups in total. The minimum absolute atomic E-state index is 0.00247. The second-order valence-corrected chi connectivity index (χ2v) is 6.25. The van der Waals surface area contributed by atoms with E-state index in [1.807, 2.05) is 24.3 Å². The van der Waals surface area contributed by atoms with E-state index in [0.717, 1.165) is 15.9 Å². The number of non-ortho nitro benzene ring substituents is 1. The second-order valence-electron chi connectivity index (χ2n) is 5.29. The summed E-state index contributed by atoms with van der Waals surface area (Å²) in [6.07, 6.45) is 1.48. The van der Waals surface area contributed by atoms with Crippen molar-refractivity contribution in [3.8, 4) is 0 Å². The summed E-state index contributed by atoms with van der Waals surface area (Å²) in [5.41, 5.74) is 2.02. The Morgan fingerprint density at radius 2 is 2.04 bits per heavy atom. The molecule has 0 bridgehead atoms. The van der Waals surface area contributed by atoms with Gasteiger partial charge in [0.25, 0.3) is 5.69 Å². The molecule has 3 rings (SSSR count). The van der Waals surface area contributed by atoms with Crippen LogP contribution in [-0.2, 0) is 4.79 Å². The molecule has 0 unspecified atom stereocenters. The van der Waals surface area contributed by atoms with Gasteiger partial charge >= 0.3 is 0 Å². The van der Waals surface area contributed by atoms with E-state index in [4.69, 9.17) is 0 Å². The fourth-order valence-electron chi connectivity index (χ4n) is 2.32. The number of hydrogen-bond donors (Lipinski definition) is 1. The lowest BCUT2D eigenvalue weighted by atomic mass is 10.2. The molecule has 0 saturated heterocycles. The normalized spacial score (nSPS) is 10.6. The van der Waals surface area contributed by atoms with Gasteiger partial charge in [0.2, 0.25) is 5.91 Å². The molecule has 0 fully saturated rings. The smallest absolute Gasteiger partial charge is 0.269 e. The van der Waals surface area contributed by atoms with E-state index in [0.29, 0.717) is 11.3 Å². The molecule has 126 valence electrons. The number of nitrogens with one attached hydrogen (secondary N) is 1. The standard InChI is InChI=1S/C17H14N4O3S/c1-11-8-12(21(23)24)6-7-14(11)20-16(22)9-25-17-13-4-2-3-5-15(13)18-10-19-17/h2-8,10H,9H2,1H3,(H,20,22). The summed E-state index contributed by atoms with van der Waals surface area (Å²) < 4.78 is 0. The van der Waals surface area contributed by atoms with Gasteiger partial charge < -0.3 is 5.32 Å². The Kier molecular flexibility index (Phi) is 4.90. The van der Waals surface area contributed by atoms with E-state index in [1.165, 1.54) is 36.3 Å². The molecule has 0 aliphatic heterocycles. The number of fused-ring (bicyclic) bond motifs is 1. The van der Waals surface area contributed by atoms with Crippen LogP contribution in [0, 0.1) is 17.0 Å². The molecule has 8 heteroatoms. The predicted octanol–water partition coefficient (Wildman–Crippen LogP) is 3.58. The van der Waals surface area contributed by atoms with Crippen molar-refractivity contribution < 1.29 is 9.72 Å². The lowest BCUT2D eigenvalue weighted by Crippen LogP contribution is -2.15. The van der Waals surface area contributed by atoms with Gasteiger partial charge in [-0.15, -0.1) is 0 Å². The van der Waals surface area contributed by atoms with E-state index in [2.05, 4.69) is 15.3 Å². The number of nitro groups is 1. The molecule has 2 aromatic carbocycles. The summed E-state index contributed by atoms with van der Waals surface area (Å²) >= 11 is 1.32. The average molecular weight is 354 g/mol. The Bertz CT molecular complexity index is 956. The SMILES string of the molecule is Cc1cc([N+](=O)[O-])ccc1NC(=O)CSc1ncnc2ccccc12. The number of thioether (sulfide) groups is 1. The summed E-state index contributed by atoms with van der Waals surface area (Å²) in [5, 5.41) is 15.2. The van der Waals surface area contributed by atoms with Crippen LogP contribution in [0.3, 0.4) is 0 Å². The first-order valence-electron chi connectivity index (χ1n) is 7.42. The third kappa shape index (κ3) is 3.92. The van der Waals surface area contributed by atoms with E-state index in [9.17, 15) is 14.9 Å². The van der Waals surface area contributed by atoms with Gasteiger partial charge in [-0.25, -0.2) is 9.97 Å². The largest absolute Gasteiger partial charge is 0.325 e. The molecule has 0 spiro atoms. The molecular weight excluding hydrogens is 340 g/mol. The molecule has 0 aliphatic carbocycles. The minimum Gasteiger partial charge on any atom is -0.325 e. The number of amides is 1. The van der Waals surface area contributed by atoms with Crippen LogP contribution in [-0.4, -0.2) is 26.6 Å². The Morgan fingerprint density at radius 3 is 2.80 bits per heavy atom. The molecule has 3 aromatic rings. The number of aromatic nitrogens is 2. The number of para-hydroxylation sites is 1. The van der Waals surface area contributed by atoms with Crippen molar-refractivity contribution in [3.05, 3.63) is 64.5 Å². The zero-order valence-electron chi connectivity index (χ0n) is 13.3. The minimum atomic E-state index is -0.464. The first kappa shape index (κ1) is 16.8. The number of aryl methyl sites for hydroxylation is 1. The third-order valence-electron chi connectivity index (χ3n) is 3.54. The van der Waals surface area contributed by atoms with Gasteiger partial charge in [-0.05, 0) is 24.6 Å². The highest BCUT2D eigenvalue weighted by molar-refractivity contribution is 8.00. The Labute approximate surface area is 147 Å². The summed E-state index contributed by atoms with van der Waals surface area (Å²) in [7, 11) is 0. The van der Waals surface area contributed by atoms with Crippen LogP contribution < -0.4 is 5.32 Å². The molecule has 1 heterocycles. The van der Waals surface area contributed by atoms with Crippen molar-refractivity contribution >= 4 is 39.9 Å². The van der Waals surface area contributed by atoms with Crippen molar-refractivity contribution in [1.29, 1.82) is 0 Å². The number of hydrogen-bond acceptors (Lipinski definition) is 6. The maximum Gasteiger partial charge on any atom is 0.269 e. The fourth-order valence-corrected chi connectivity index (χ4v) is 3.11. The molecule has 1 amide bonds. The van der Waals surface area contributed by atoms with Crippen LogP contribution in [0.5, 0.6) is 0 Å². The van der Waals surface area contributed by atoms with Gasteiger partial charge in [-0.2, -0.15) is 0 Å². The van der Waals surface area contributed by atoms with Crippen molar-refractivity contribution in [2.75, 3.05) is 11.1 Å². The highest BCUT2D eigenvalue weighted by Gasteiger charge is 2.11. The zero-order chi connectivity index (χ0) is 17.8. The number of nitrogens with zero attached hydrogens (tertiary/aromatic N) is 3. The van der Waals surface area contributed by atoms with Crippen LogP contribution in [0.25, 0.3) is 10.9 Å². The summed E-state index contributed by atoms with van der Waals surface area (Å²) in [4.78, 5) is 30.9. The second kappa shape index (κ2) is 7.27. The van der Waals surface area contributed by atoms with Crippen LogP contribution in [0.1, 0.15) is 5.56 Å². The monoisotopic (exact) mass is 354 g/mol. The predicted molar refractivity (Wildman–Crippen MR) is 96.7 cm³/mol. The molecular formula is C17H14N4O3S. The van der Waals surface area contributed by atoms with E-state index >= 15 is 0 Å². The Morgan fingerprint density at radius 1 is 1.24 bits per heavy atom. The number of rotatable bonds is 5. The molecule has 7 nitrogen and oxygen atoms in total. The number of nitro benzene ring substituents is 1.